The summed E-state index contributed by atoms with van der Waals surface area (Å²) in [6.45, 7) is 2.04. The van der Waals surface area contributed by atoms with Gasteiger partial charge in [0.05, 0.1) is 7.11 Å². The third kappa shape index (κ3) is 4.82. The molecule has 122 valence electrons. The van der Waals surface area contributed by atoms with Gasteiger partial charge in [0.1, 0.15) is 0 Å². The fourth-order valence-electron chi connectivity index (χ4n) is 2.14. The van der Waals surface area contributed by atoms with E-state index in [2.05, 4.69) is 15.4 Å². The number of amides is 1. The molecule has 2 rings (SSSR count). The quantitative estimate of drug-likeness (QED) is 0.874. The zero-order valence-electron chi connectivity index (χ0n) is 13.3. The summed E-state index contributed by atoms with van der Waals surface area (Å²) in [5.74, 6) is 0. The smallest absolute Gasteiger partial charge is 0.411 e. The Morgan fingerprint density at radius 1 is 1.13 bits per heavy atom. The molecular formula is C17H20N2O3S. The third-order valence-electron chi connectivity index (χ3n) is 3.39. The molecule has 6 heteroatoms. The molecule has 2 unspecified atom stereocenters. The molecule has 0 aromatic heterocycles. The van der Waals surface area contributed by atoms with Crippen molar-refractivity contribution in [2.75, 3.05) is 24.0 Å². The van der Waals surface area contributed by atoms with Gasteiger partial charge in [-0.25, -0.2) is 4.79 Å². The van der Waals surface area contributed by atoms with Crippen molar-refractivity contribution in [1.29, 1.82) is 0 Å². The molecule has 0 aliphatic rings. The van der Waals surface area contributed by atoms with Gasteiger partial charge in [-0.05, 0) is 42.8 Å². The molecule has 0 saturated carbocycles. The first-order valence-electron chi connectivity index (χ1n) is 7.14. The lowest BCUT2D eigenvalue weighted by Crippen LogP contribution is -2.11. The van der Waals surface area contributed by atoms with Crippen LogP contribution in [0.15, 0.2) is 53.4 Å². The van der Waals surface area contributed by atoms with Crippen molar-refractivity contribution < 1.29 is 13.7 Å². The molecule has 2 aromatic carbocycles. The minimum Gasteiger partial charge on any atom is -0.453 e. The zero-order chi connectivity index (χ0) is 16.8. The van der Waals surface area contributed by atoms with Gasteiger partial charge in [-0.1, -0.05) is 18.2 Å². The Kier molecular flexibility index (Phi) is 5.76. The zero-order valence-corrected chi connectivity index (χ0v) is 14.1. The summed E-state index contributed by atoms with van der Waals surface area (Å²) in [5, 5.41) is 6.00. The highest BCUT2D eigenvalue weighted by Crippen LogP contribution is 2.22. The van der Waals surface area contributed by atoms with Crippen LogP contribution < -0.4 is 10.6 Å². The predicted octanol–water partition coefficient (Wildman–Crippen LogP) is 3.78. The fourth-order valence-corrected chi connectivity index (χ4v) is 2.66. The SMILES string of the molecule is COC(=O)Nc1cccc(NC(C)c2ccc(S(C)=O)cc2)c1. The number of anilines is 2. The molecule has 2 N–H and O–H groups in total. The van der Waals surface area contributed by atoms with Gasteiger partial charge >= 0.3 is 6.09 Å². The van der Waals surface area contributed by atoms with Crippen LogP contribution in [0.3, 0.4) is 0 Å². The Morgan fingerprint density at radius 3 is 2.39 bits per heavy atom. The lowest BCUT2D eigenvalue weighted by molar-refractivity contribution is 0.187. The summed E-state index contributed by atoms with van der Waals surface area (Å²) >= 11 is 0. The number of hydrogen-bond donors (Lipinski definition) is 2. The Morgan fingerprint density at radius 2 is 1.78 bits per heavy atom. The summed E-state index contributed by atoms with van der Waals surface area (Å²) in [6, 6.07) is 15.1. The van der Waals surface area contributed by atoms with Gasteiger partial charge in [-0.3, -0.25) is 9.53 Å². The summed E-state index contributed by atoms with van der Waals surface area (Å²) in [5.41, 5.74) is 2.63. The molecule has 1 amide bonds. The number of carbonyl (C=O) groups excluding carboxylic acids is 1. The molecule has 0 aliphatic carbocycles. The Bertz CT molecular complexity index is 701. The summed E-state index contributed by atoms with van der Waals surface area (Å²) < 4.78 is 16.0. The second kappa shape index (κ2) is 7.78. The first-order chi connectivity index (χ1) is 11.0. The van der Waals surface area contributed by atoms with Gasteiger partial charge in [0.25, 0.3) is 0 Å². The maximum atomic E-state index is 11.4. The maximum absolute atomic E-state index is 11.4. The summed E-state index contributed by atoms with van der Waals surface area (Å²) in [6.07, 6.45) is 1.16. The van der Waals surface area contributed by atoms with E-state index in [0.29, 0.717) is 5.69 Å². The van der Waals surface area contributed by atoms with E-state index in [0.717, 1.165) is 16.1 Å². The second-order valence-electron chi connectivity index (χ2n) is 5.09. The van der Waals surface area contributed by atoms with Gasteiger partial charge in [0.2, 0.25) is 0 Å². The Hall–Kier alpha value is -2.34. The molecule has 0 heterocycles. The van der Waals surface area contributed by atoms with E-state index in [1.807, 2.05) is 49.4 Å². The van der Waals surface area contributed by atoms with Crippen molar-refractivity contribution in [3.8, 4) is 0 Å². The molecule has 0 saturated heterocycles. The van der Waals surface area contributed by atoms with E-state index in [4.69, 9.17) is 0 Å². The number of nitrogens with one attached hydrogen (secondary N) is 2. The van der Waals surface area contributed by atoms with E-state index in [9.17, 15) is 9.00 Å². The van der Waals surface area contributed by atoms with Crippen molar-refractivity contribution >= 4 is 28.3 Å². The predicted molar refractivity (Wildman–Crippen MR) is 93.3 cm³/mol. The lowest BCUT2D eigenvalue weighted by Gasteiger charge is -2.17. The normalized spacial score (nSPS) is 13.0. The first-order valence-corrected chi connectivity index (χ1v) is 8.70. The molecular weight excluding hydrogens is 312 g/mol. The van der Waals surface area contributed by atoms with E-state index in [-0.39, 0.29) is 6.04 Å². The highest BCUT2D eigenvalue weighted by Gasteiger charge is 2.07. The van der Waals surface area contributed by atoms with Crippen LogP contribution in [0, 0.1) is 0 Å². The van der Waals surface area contributed by atoms with Crippen LogP contribution in [-0.4, -0.2) is 23.7 Å². The molecule has 2 aromatic rings. The maximum Gasteiger partial charge on any atom is 0.411 e. The number of benzene rings is 2. The minimum absolute atomic E-state index is 0.0720. The van der Waals surface area contributed by atoms with Crippen LogP contribution in [0.1, 0.15) is 18.5 Å². The van der Waals surface area contributed by atoms with Crippen LogP contribution >= 0.6 is 0 Å². The van der Waals surface area contributed by atoms with E-state index < -0.39 is 16.9 Å². The van der Waals surface area contributed by atoms with E-state index in [1.54, 1.807) is 12.3 Å². The molecule has 0 fully saturated rings. The van der Waals surface area contributed by atoms with Crippen LogP contribution in [0.25, 0.3) is 0 Å². The monoisotopic (exact) mass is 332 g/mol. The summed E-state index contributed by atoms with van der Waals surface area (Å²) in [4.78, 5) is 12.1. The van der Waals surface area contributed by atoms with Gasteiger partial charge < -0.3 is 10.1 Å². The molecule has 0 radical (unpaired) electrons. The van der Waals surface area contributed by atoms with Crippen LogP contribution in [0.5, 0.6) is 0 Å². The fraction of sp³-hybridized carbons (Fsp3) is 0.235. The highest BCUT2D eigenvalue weighted by molar-refractivity contribution is 7.84. The van der Waals surface area contributed by atoms with Crippen LogP contribution in [-0.2, 0) is 15.5 Å². The largest absolute Gasteiger partial charge is 0.453 e. The topological polar surface area (TPSA) is 67.4 Å². The summed E-state index contributed by atoms with van der Waals surface area (Å²) in [7, 11) is 0.355. The Labute approximate surface area is 138 Å². The molecule has 23 heavy (non-hydrogen) atoms. The van der Waals surface area contributed by atoms with Gasteiger partial charge in [0, 0.05) is 39.4 Å². The number of rotatable bonds is 5. The van der Waals surface area contributed by atoms with Gasteiger partial charge in [-0.2, -0.15) is 0 Å². The molecule has 2 atom stereocenters. The highest BCUT2D eigenvalue weighted by atomic mass is 32.2. The van der Waals surface area contributed by atoms with Gasteiger partial charge in [-0.15, -0.1) is 0 Å². The van der Waals surface area contributed by atoms with Crippen molar-refractivity contribution in [3.63, 3.8) is 0 Å². The molecule has 0 aliphatic heterocycles. The number of carbonyl (C=O) groups is 1. The van der Waals surface area contributed by atoms with Crippen LogP contribution in [0.2, 0.25) is 0 Å². The van der Waals surface area contributed by atoms with Crippen molar-refractivity contribution in [2.24, 2.45) is 0 Å². The number of hydrogen-bond acceptors (Lipinski definition) is 4. The Balaban J connectivity index is 2.07. The van der Waals surface area contributed by atoms with Crippen molar-refractivity contribution in [3.05, 3.63) is 54.1 Å². The van der Waals surface area contributed by atoms with E-state index >= 15 is 0 Å². The average molecular weight is 332 g/mol. The molecule has 0 spiro atoms. The molecule has 5 nitrogen and oxygen atoms in total. The second-order valence-corrected chi connectivity index (χ2v) is 6.47. The van der Waals surface area contributed by atoms with E-state index in [1.165, 1.54) is 7.11 Å². The lowest BCUT2D eigenvalue weighted by atomic mass is 10.1. The number of methoxy groups -OCH3 is 1. The minimum atomic E-state index is -0.971. The number of ether oxygens (including phenoxy) is 1. The van der Waals surface area contributed by atoms with Crippen molar-refractivity contribution in [2.45, 2.75) is 17.9 Å². The van der Waals surface area contributed by atoms with Crippen LogP contribution in [0.4, 0.5) is 16.2 Å². The van der Waals surface area contributed by atoms with Crippen molar-refractivity contribution in [1.82, 2.24) is 0 Å². The first kappa shape index (κ1) is 17.0. The average Bonchev–Trinajstić information content (AvgIpc) is 2.55. The van der Waals surface area contributed by atoms with Gasteiger partial charge in [0.15, 0.2) is 0 Å². The molecule has 0 bridgehead atoms. The third-order valence-corrected chi connectivity index (χ3v) is 4.33. The standard InChI is InChI=1S/C17H20N2O3S/c1-12(13-7-9-16(10-8-13)23(3)21)18-14-5-4-6-15(11-14)19-17(20)22-2/h4-12,18H,1-3H3,(H,19,20).